The van der Waals surface area contributed by atoms with Crippen molar-refractivity contribution >= 4 is 17.3 Å². The van der Waals surface area contributed by atoms with Crippen molar-refractivity contribution in [3.8, 4) is 0 Å². The van der Waals surface area contributed by atoms with Gasteiger partial charge in [0.2, 0.25) is 0 Å². The second-order valence-electron chi connectivity index (χ2n) is 5.24. The van der Waals surface area contributed by atoms with Gasteiger partial charge in [-0.2, -0.15) is 0 Å². The Bertz CT molecular complexity index is 651. The molecule has 0 saturated carbocycles. The number of hydrogen-bond donors (Lipinski definition) is 2. The molecule has 0 spiro atoms. The first kappa shape index (κ1) is 14.2. The van der Waals surface area contributed by atoms with Crippen molar-refractivity contribution in [3.05, 3.63) is 72.3 Å². The molecule has 2 aromatic rings. The zero-order valence-corrected chi connectivity index (χ0v) is 12.4. The van der Waals surface area contributed by atoms with Crippen molar-refractivity contribution in [2.24, 2.45) is 10.7 Å². The standard InChI is InChI=1S/C18H20N4/c19-18(21-16-6-2-1-3-7-16)20-14-15-8-10-17(11-9-15)22-12-4-5-13-22/h1-11H,12-14H2,(H3,19,20,21). The number of rotatable bonds is 4. The molecule has 3 N–H and O–H groups in total. The van der Waals surface area contributed by atoms with Crippen LogP contribution in [0.4, 0.5) is 11.4 Å². The van der Waals surface area contributed by atoms with Gasteiger partial charge in [-0.1, -0.05) is 42.5 Å². The molecule has 0 bridgehead atoms. The Hall–Kier alpha value is -2.75. The molecule has 4 heteroatoms. The average molecular weight is 292 g/mol. The molecule has 22 heavy (non-hydrogen) atoms. The fourth-order valence-electron chi connectivity index (χ4n) is 2.39. The zero-order valence-electron chi connectivity index (χ0n) is 12.4. The SMILES string of the molecule is NC(=NCc1ccc(N2CC=CC2)cc1)Nc1ccccc1. The molecule has 1 aliphatic heterocycles. The summed E-state index contributed by atoms with van der Waals surface area (Å²) in [6.07, 6.45) is 4.38. The topological polar surface area (TPSA) is 53.6 Å². The molecular formula is C18H20N4. The summed E-state index contributed by atoms with van der Waals surface area (Å²) in [5, 5.41) is 3.08. The summed E-state index contributed by atoms with van der Waals surface area (Å²) in [7, 11) is 0. The lowest BCUT2D eigenvalue weighted by atomic mass is 10.2. The van der Waals surface area contributed by atoms with Gasteiger partial charge in [0.1, 0.15) is 0 Å². The minimum absolute atomic E-state index is 0.430. The smallest absolute Gasteiger partial charge is 0.193 e. The van der Waals surface area contributed by atoms with E-state index in [1.54, 1.807) is 0 Å². The maximum absolute atomic E-state index is 5.91. The zero-order chi connectivity index (χ0) is 15.2. The molecule has 4 nitrogen and oxygen atoms in total. The van der Waals surface area contributed by atoms with Crippen molar-refractivity contribution in [1.82, 2.24) is 0 Å². The first-order chi connectivity index (χ1) is 10.8. The summed E-state index contributed by atoms with van der Waals surface area (Å²) in [5.74, 6) is 0.430. The van der Waals surface area contributed by atoms with Gasteiger partial charge in [-0.25, -0.2) is 4.99 Å². The third-order valence-electron chi connectivity index (χ3n) is 3.60. The summed E-state index contributed by atoms with van der Waals surface area (Å²) in [6.45, 7) is 2.56. The molecule has 1 aliphatic rings. The molecule has 0 aliphatic carbocycles. The van der Waals surface area contributed by atoms with Gasteiger partial charge in [0.05, 0.1) is 6.54 Å². The molecule has 0 atom stereocenters. The first-order valence-corrected chi connectivity index (χ1v) is 7.42. The van der Waals surface area contributed by atoms with E-state index in [1.807, 2.05) is 30.3 Å². The van der Waals surface area contributed by atoms with Gasteiger partial charge in [0, 0.05) is 24.5 Å². The Morgan fingerprint density at radius 2 is 1.68 bits per heavy atom. The van der Waals surface area contributed by atoms with E-state index in [9.17, 15) is 0 Å². The van der Waals surface area contributed by atoms with Crippen LogP contribution >= 0.6 is 0 Å². The van der Waals surface area contributed by atoms with Gasteiger partial charge >= 0.3 is 0 Å². The number of para-hydroxylation sites is 1. The number of nitrogens with zero attached hydrogens (tertiary/aromatic N) is 2. The van der Waals surface area contributed by atoms with Gasteiger partial charge < -0.3 is 16.0 Å². The van der Waals surface area contributed by atoms with Crippen molar-refractivity contribution in [3.63, 3.8) is 0 Å². The van der Waals surface area contributed by atoms with E-state index in [1.165, 1.54) is 5.69 Å². The van der Waals surface area contributed by atoms with Crippen molar-refractivity contribution < 1.29 is 0 Å². The highest BCUT2D eigenvalue weighted by atomic mass is 15.1. The van der Waals surface area contributed by atoms with Crippen LogP contribution in [0.2, 0.25) is 0 Å². The molecule has 0 saturated heterocycles. The third-order valence-corrected chi connectivity index (χ3v) is 3.60. The minimum Gasteiger partial charge on any atom is -0.370 e. The van der Waals surface area contributed by atoms with E-state index in [0.717, 1.165) is 24.3 Å². The van der Waals surface area contributed by atoms with Gasteiger partial charge in [-0.15, -0.1) is 0 Å². The van der Waals surface area contributed by atoms with E-state index >= 15 is 0 Å². The maximum atomic E-state index is 5.91. The van der Waals surface area contributed by atoms with Gasteiger partial charge in [-0.3, -0.25) is 0 Å². The third kappa shape index (κ3) is 3.67. The molecule has 0 fully saturated rings. The predicted octanol–water partition coefficient (Wildman–Crippen LogP) is 2.99. The number of nitrogens with two attached hydrogens (primary N) is 1. The van der Waals surface area contributed by atoms with Crippen LogP contribution in [-0.2, 0) is 6.54 Å². The highest BCUT2D eigenvalue weighted by Gasteiger charge is 2.06. The van der Waals surface area contributed by atoms with Crippen LogP contribution in [-0.4, -0.2) is 19.0 Å². The monoisotopic (exact) mass is 292 g/mol. The molecule has 0 amide bonds. The average Bonchev–Trinajstić information content (AvgIpc) is 3.09. The number of nitrogens with one attached hydrogen (secondary N) is 1. The minimum atomic E-state index is 0.430. The Morgan fingerprint density at radius 1 is 1.00 bits per heavy atom. The lowest BCUT2D eigenvalue weighted by molar-refractivity contribution is 1.000. The molecule has 0 aromatic heterocycles. The summed E-state index contributed by atoms with van der Waals surface area (Å²) in [4.78, 5) is 6.69. The van der Waals surface area contributed by atoms with Gasteiger partial charge in [0.25, 0.3) is 0 Å². The highest BCUT2D eigenvalue weighted by Crippen LogP contribution is 2.17. The Morgan fingerprint density at radius 3 is 2.36 bits per heavy atom. The van der Waals surface area contributed by atoms with Crippen LogP contribution < -0.4 is 16.0 Å². The summed E-state index contributed by atoms with van der Waals surface area (Å²) >= 11 is 0. The maximum Gasteiger partial charge on any atom is 0.193 e. The second kappa shape index (κ2) is 6.80. The lowest BCUT2D eigenvalue weighted by Gasteiger charge is -2.17. The molecule has 3 rings (SSSR count). The lowest BCUT2D eigenvalue weighted by Crippen LogP contribution is -2.22. The molecule has 2 aromatic carbocycles. The van der Waals surface area contributed by atoms with E-state index in [-0.39, 0.29) is 0 Å². The predicted molar refractivity (Wildman–Crippen MR) is 93.2 cm³/mol. The number of guanidine groups is 1. The number of benzene rings is 2. The number of hydrogen-bond acceptors (Lipinski definition) is 2. The van der Waals surface area contributed by atoms with Crippen molar-refractivity contribution in [2.75, 3.05) is 23.3 Å². The summed E-state index contributed by atoms with van der Waals surface area (Å²) in [6, 6.07) is 18.3. The molecule has 112 valence electrons. The number of aliphatic imine (C=N–C) groups is 1. The second-order valence-corrected chi connectivity index (χ2v) is 5.24. The fourth-order valence-corrected chi connectivity index (χ4v) is 2.39. The van der Waals surface area contributed by atoms with E-state index in [2.05, 4.69) is 51.6 Å². The van der Waals surface area contributed by atoms with Gasteiger partial charge in [-0.05, 0) is 29.8 Å². The quantitative estimate of drug-likeness (QED) is 0.517. The Balaban J connectivity index is 1.57. The van der Waals surface area contributed by atoms with Crippen LogP contribution in [0.1, 0.15) is 5.56 Å². The molecule has 0 radical (unpaired) electrons. The molecule has 1 heterocycles. The van der Waals surface area contributed by atoms with Crippen LogP contribution in [0.3, 0.4) is 0 Å². The van der Waals surface area contributed by atoms with Crippen molar-refractivity contribution in [1.29, 1.82) is 0 Å². The van der Waals surface area contributed by atoms with Gasteiger partial charge in [0.15, 0.2) is 5.96 Å². The summed E-state index contributed by atoms with van der Waals surface area (Å²) in [5.41, 5.74) is 9.24. The molecular weight excluding hydrogens is 272 g/mol. The van der Waals surface area contributed by atoms with Crippen LogP contribution in [0.25, 0.3) is 0 Å². The Labute approximate surface area is 131 Å². The molecule has 0 unspecified atom stereocenters. The van der Waals surface area contributed by atoms with Crippen LogP contribution in [0.5, 0.6) is 0 Å². The van der Waals surface area contributed by atoms with E-state index in [0.29, 0.717) is 12.5 Å². The van der Waals surface area contributed by atoms with E-state index < -0.39 is 0 Å². The fraction of sp³-hybridized carbons (Fsp3) is 0.167. The largest absolute Gasteiger partial charge is 0.370 e. The Kier molecular flexibility index (Phi) is 4.39. The van der Waals surface area contributed by atoms with Crippen LogP contribution in [0, 0.1) is 0 Å². The van der Waals surface area contributed by atoms with E-state index in [4.69, 9.17) is 5.73 Å². The number of anilines is 2. The van der Waals surface area contributed by atoms with Crippen molar-refractivity contribution in [2.45, 2.75) is 6.54 Å². The first-order valence-electron chi connectivity index (χ1n) is 7.42. The normalized spacial score (nSPS) is 14.4. The summed E-state index contributed by atoms with van der Waals surface area (Å²) < 4.78 is 0. The van der Waals surface area contributed by atoms with Crippen LogP contribution in [0.15, 0.2) is 71.7 Å². The highest BCUT2D eigenvalue weighted by molar-refractivity contribution is 5.92.